The maximum atomic E-state index is 14.3. The van der Waals surface area contributed by atoms with E-state index in [-0.39, 0.29) is 143 Å². The number of nitrogens with one attached hydrogen (secondary N) is 8. The standard InChI is InChI=1S/C85H114N14O20S2/c1-44(2)70(96-67(101)25-30-116-32-33-117-31-27-87-79(106)50-19-22-58-60(34-50)94-62-43-121-77-56-35-52(92-80(107)49-23-28-98(29-24-49)68(102)41-119-113)14-11-9-10-12-15-53(56)76(77)120-42-61(62)93-58)82(109)95-59(16-13-26-88-84(86)111)81(108)91-51-20-17-48(18-21-51)40-118-85(112)90-47(5)78(105)89-39-65-69-57(72(103)46(4)75(115-8)73(69)104)37-63-71-55-38-66(100)74(114-7)45(3)54(55)36-64(97(71)6)83(110)99(63)65/h17-22,34,38,44,47,49,52-53,56,59,63-65,70-71,76-77,83,100,110,113H,9-16,23-33,35-37,39-43H2,1-8H3,(H,87,106)(H,89,105)(H,90,112)(H,91,108)(H,92,107)(H,95,109)(H,96,101)(H3,86,88,111)/t47-,52?,53?,56?,59-,63-,64-,65-,70-,71-,76?,77?,83-/m0/s1. The molecule has 4 aromatic rings. The van der Waals surface area contributed by atoms with Gasteiger partial charge in [0.25, 0.3) is 11.8 Å². The highest BCUT2D eigenvalue weighted by Gasteiger charge is 2.58. The summed E-state index contributed by atoms with van der Waals surface area (Å²) in [6.07, 6.45) is 7.28. The Morgan fingerprint density at radius 3 is 2.13 bits per heavy atom. The second kappa shape index (κ2) is 41.6. The maximum Gasteiger partial charge on any atom is 0.408 e. The van der Waals surface area contributed by atoms with E-state index in [0.29, 0.717) is 88.5 Å². The third kappa shape index (κ3) is 21.4. The summed E-state index contributed by atoms with van der Waals surface area (Å²) in [5.74, 6) is -1.87. The number of piperazine rings is 1. The van der Waals surface area contributed by atoms with Crippen molar-refractivity contribution in [2.75, 3.05) is 92.3 Å². The van der Waals surface area contributed by atoms with Gasteiger partial charge in [0.05, 0.1) is 81.2 Å². The van der Waals surface area contributed by atoms with Gasteiger partial charge in [-0.05, 0) is 162 Å². The number of alkyl carbamates (subject to hydrolysis) is 1. The molecule has 1 aromatic heterocycles. The Morgan fingerprint density at radius 2 is 1.44 bits per heavy atom. The Labute approximate surface area is 711 Å². The molecule has 2 saturated heterocycles. The van der Waals surface area contributed by atoms with Gasteiger partial charge in [0.15, 0.2) is 29.6 Å². The molecular weight excluding hydrogens is 1600 g/mol. The van der Waals surface area contributed by atoms with E-state index in [2.05, 4.69) is 47.4 Å². The Hall–Kier alpha value is -9.53. The molecule has 6 heterocycles. The van der Waals surface area contributed by atoms with Crippen molar-refractivity contribution >= 4 is 105 Å². The number of ketones is 2. The van der Waals surface area contributed by atoms with E-state index >= 15 is 0 Å². The number of nitrogens with two attached hydrogens (primary N) is 1. The number of aliphatic hydroxyl groups excluding tert-OH is 1. The molecule has 656 valence electrons. The molecule has 3 aromatic carbocycles. The van der Waals surface area contributed by atoms with Crippen molar-refractivity contribution in [2.45, 2.75) is 208 Å². The zero-order valence-electron chi connectivity index (χ0n) is 69.8. The molecule has 10 amide bonds. The number of urea groups is 1. The van der Waals surface area contributed by atoms with Crippen LogP contribution in [0.25, 0.3) is 11.0 Å². The number of amides is 10. The van der Waals surface area contributed by atoms with Crippen molar-refractivity contribution in [3.63, 3.8) is 0 Å². The molecule has 36 heteroatoms. The molecule has 8 aliphatic rings. The first-order chi connectivity index (χ1) is 58.2. The summed E-state index contributed by atoms with van der Waals surface area (Å²) in [6, 6.07) is 6.55. The van der Waals surface area contributed by atoms with Gasteiger partial charge in [-0.1, -0.05) is 51.7 Å². The Balaban J connectivity index is 0.556. The van der Waals surface area contributed by atoms with Crippen LogP contribution in [-0.2, 0) is 86.7 Å². The lowest BCUT2D eigenvalue weighted by atomic mass is 9.66. The zero-order valence-corrected chi connectivity index (χ0v) is 71.4. The number of aliphatic hydroxyl groups is 1. The van der Waals surface area contributed by atoms with E-state index in [0.717, 1.165) is 65.0 Å². The molecule has 121 heavy (non-hydrogen) atoms. The predicted octanol–water partition coefficient (Wildman–Crippen LogP) is 5.41. The first-order valence-corrected chi connectivity index (χ1v) is 44.0. The van der Waals surface area contributed by atoms with E-state index in [4.69, 9.17) is 44.6 Å². The average molecular weight is 1720 g/mol. The minimum Gasteiger partial charge on any atom is -0.504 e. The third-order valence-corrected chi connectivity index (χ3v) is 27.9. The van der Waals surface area contributed by atoms with Crippen LogP contribution >= 0.6 is 23.5 Å². The topological polar surface area (TPSA) is 462 Å². The lowest BCUT2D eigenvalue weighted by molar-refractivity contribution is -0.241. The summed E-state index contributed by atoms with van der Waals surface area (Å²) in [5, 5.41) is 55.6. The Morgan fingerprint density at radius 1 is 0.736 bits per heavy atom. The molecular formula is C85H114N14O20S2. The van der Waals surface area contributed by atoms with Gasteiger partial charge in [0, 0.05) is 107 Å². The highest BCUT2D eigenvalue weighted by Crippen LogP contribution is 2.57. The summed E-state index contributed by atoms with van der Waals surface area (Å²) in [4.78, 5) is 167. The number of hydrogen-bond acceptors (Lipinski definition) is 26. The quantitative estimate of drug-likeness (QED) is 0.0126. The number of carbonyl (C=O) groups excluding carboxylic acids is 11. The largest absolute Gasteiger partial charge is 0.504 e. The number of benzene rings is 3. The zero-order chi connectivity index (χ0) is 86.5. The van der Waals surface area contributed by atoms with Crippen molar-refractivity contribution in [2.24, 2.45) is 29.4 Å². The van der Waals surface area contributed by atoms with Gasteiger partial charge in [-0.25, -0.2) is 24.4 Å². The molecule has 12 rings (SSSR count). The van der Waals surface area contributed by atoms with Gasteiger partial charge in [0.1, 0.15) is 31.0 Å². The van der Waals surface area contributed by atoms with Crippen molar-refractivity contribution < 1.29 is 96.8 Å². The number of piperidine rings is 1. The van der Waals surface area contributed by atoms with Crippen LogP contribution in [0.2, 0.25) is 0 Å². The first-order valence-electron chi connectivity index (χ1n) is 41.9. The van der Waals surface area contributed by atoms with Crippen molar-refractivity contribution in [1.82, 2.24) is 61.9 Å². The summed E-state index contributed by atoms with van der Waals surface area (Å²) in [7, 11) is 4.64. The number of likely N-dealkylation sites (N-methyl/N-ethyl adjacent to an activating group) is 1. The van der Waals surface area contributed by atoms with E-state index in [9.17, 15) is 63.0 Å². The second-order valence-electron chi connectivity index (χ2n) is 32.8. The number of primary amides is 1. The van der Waals surface area contributed by atoms with Crippen molar-refractivity contribution in [3.05, 3.63) is 110 Å². The van der Waals surface area contributed by atoms with Gasteiger partial charge in [0.2, 0.25) is 35.3 Å². The fourth-order valence-electron chi connectivity index (χ4n) is 18.4. The van der Waals surface area contributed by atoms with Crippen LogP contribution < -0.4 is 53.0 Å². The fourth-order valence-corrected chi connectivity index (χ4v) is 21.9. The molecule has 4 fully saturated rings. The van der Waals surface area contributed by atoms with Crippen molar-refractivity contribution in [1.29, 1.82) is 0 Å². The molecule has 0 radical (unpaired) electrons. The minimum atomic E-state index is -1.20. The van der Waals surface area contributed by atoms with Crippen LogP contribution in [0.3, 0.4) is 0 Å². The fraction of sp³-hybridized carbons (Fsp3) is 0.588. The highest BCUT2D eigenvalue weighted by atomic mass is 32.2. The molecule has 3 aliphatic carbocycles. The lowest BCUT2D eigenvalue weighted by Gasteiger charge is -2.60. The van der Waals surface area contributed by atoms with E-state index in [1.165, 1.54) is 47.3 Å². The maximum absolute atomic E-state index is 14.3. The monoisotopic (exact) mass is 1710 g/mol. The number of fused-ring (bicyclic) bond motifs is 12. The van der Waals surface area contributed by atoms with Gasteiger partial charge in [-0.2, -0.15) is 23.5 Å². The summed E-state index contributed by atoms with van der Waals surface area (Å²) in [5.41, 5.74) is 12.6. The number of anilines is 1. The normalized spacial score (nSPS) is 23.7. The van der Waals surface area contributed by atoms with Crippen LogP contribution in [0.15, 0.2) is 71.0 Å². The average Bonchev–Trinajstić information content (AvgIpc) is 0.702. The lowest BCUT2D eigenvalue weighted by Crippen LogP contribution is -2.71. The van der Waals surface area contributed by atoms with Gasteiger partial charge < -0.3 is 87.1 Å². The summed E-state index contributed by atoms with van der Waals surface area (Å²) >= 11 is 3.91. The number of likely N-dealkylation sites (tertiary alicyclic amines) is 1. The first kappa shape index (κ1) is 90.7. The number of hydrogen-bond donors (Lipinski definition) is 12. The van der Waals surface area contributed by atoms with Crippen LogP contribution in [0, 0.1) is 30.6 Å². The molecule has 5 unspecified atom stereocenters. The van der Waals surface area contributed by atoms with Gasteiger partial charge in [-0.3, -0.25) is 58.2 Å². The molecule has 5 aliphatic heterocycles. The van der Waals surface area contributed by atoms with Crippen molar-refractivity contribution in [3.8, 4) is 11.5 Å². The Bertz CT molecular complexity index is 4580. The van der Waals surface area contributed by atoms with Crippen LogP contribution in [0.1, 0.15) is 161 Å². The number of Topliss-reactive ketones (excluding diaryl/α,β-unsaturated/α-hetero) is 2. The number of phenolic OH excluding ortho intramolecular Hbond substituents is 1. The molecule has 0 spiro atoms. The van der Waals surface area contributed by atoms with Crippen LogP contribution in [0.5, 0.6) is 11.5 Å². The number of phenols is 1. The molecule has 13 atom stereocenters. The molecule has 2 bridgehead atoms. The van der Waals surface area contributed by atoms with Gasteiger partial charge >= 0.3 is 12.1 Å². The van der Waals surface area contributed by atoms with Crippen LogP contribution in [-0.4, -0.2) is 251 Å². The van der Waals surface area contributed by atoms with Gasteiger partial charge in [-0.15, -0.1) is 0 Å². The molecule has 2 saturated carbocycles. The van der Waals surface area contributed by atoms with Crippen LogP contribution in [0.4, 0.5) is 15.3 Å². The number of aromatic nitrogens is 2. The summed E-state index contributed by atoms with van der Waals surface area (Å²) < 4.78 is 27.9. The SMILES string of the molecule is COC1=C(C)C(=O)C2=C(C1=O)[C@H](CNC(=O)[C@H](C)NC(=O)OCc1ccc(NC(=O)[C@H](CCCNC(N)=O)NC(=O)[C@@H](NC(=O)CCOCCOCCNC(=O)c3ccc4nc5c(nc4c3)CSC3C4CC(NC(=O)C6CCN(C(=O)COO)CC6)CCCCCCC4C3SC5)C(C)C)cc1)N1[C@@H](O)[C@@H]3Cc4c(cc(O)c(OC)c4C)[C@@H]([C@@H]1C2)N3C. The number of aromatic hydroxyl groups is 1. The van der Waals surface area contributed by atoms with E-state index in [1.807, 2.05) is 48.5 Å². The predicted molar refractivity (Wildman–Crippen MR) is 448 cm³/mol. The number of methoxy groups -OCH3 is 2. The number of rotatable bonds is 32. The number of nitrogens with zero attached hydrogens (tertiary/aromatic N) is 5. The minimum absolute atomic E-state index is 0.00324. The van der Waals surface area contributed by atoms with E-state index in [1.54, 1.807) is 66.1 Å². The highest BCUT2D eigenvalue weighted by molar-refractivity contribution is 8.03. The number of thioether (sulfide) groups is 2. The second-order valence-corrected chi connectivity index (χ2v) is 35.1. The Kier molecular flexibility index (Phi) is 31.2. The van der Waals surface area contributed by atoms with E-state index < -0.39 is 102 Å². The summed E-state index contributed by atoms with van der Waals surface area (Å²) in [6.45, 7) is 9.09. The third-order valence-electron chi connectivity index (χ3n) is 24.8. The molecule has 13 N–H and O–H groups in total. The number of ether oxygens (including phenoxy) is 5. The number of allylic oxidation sites excluding steroid dienone is 2. The smallest absolute Gasteiger partial charge is 0.408 e. The number of carbonyl (C=O) groups is 11. The molecule has 34 nitrogen and oxygen atoms in total.